The molecule has 0 unspecified atom stereocenters. The summed E-state index contributed by atoms with van der Waals surface area (Å²) < 4.78 is 41.8. The predicted molar refractivity (Wildman–Crippen MR) is 136 cm³/mol. The Hall–Kier alpha value is -3.24. The first-order valence-electron chi connectivity index (χ1n) is 10.2. The number of carbonyl (C=O) groups is 1. The summed E-state index contributed by atoms with van der Waals surface area (Å²) in [4.78, 5) is 14.6. The number of nitrogens with zero attached hydrogens (tertiary/aromatic N) is 3. The summed E-state index contributed by atoms with van der Waals surface area (Å²) >= 11 is 3.49. The van der Waals surface area contributed by atoms with E-state index in [0.29, 0.717) is 0 Å². The van der Waals surface area contributed by atoms with Gasteiger partial charge in [-0.2, -0.15) is 5.10 Å². The van der Waals surface area contributed by atoms with E-state index in [1.807, 2.05) is 44.1 Å². The number of nitrogens with one attached hydrogen (secondary N) is 1. The van der Waals surface area contributed by atoms with Crippen molar-refractivity contribution in [3.8, 4) is 0 Å². The van der Waals surface area contributed by atoms with Gasteiger partial charge in [0, 0.05) is 18.6 Å². The van der Waals surface area contributed by atoms with E-state index in [4.69, 9.17) is 0 Å². The minimum absolute atomic E-state index is 0.0181. The van der Waals surface area contributed by atoms with Crippen LogP contribution in [-0.4, -0.2) is 41.2 Å². The van der Waals surface area contributed by atoms with Crippen molar-refractivity contribution in [2.45, 2.75) is 11.8 Å². The molecule has 0 saturated heterocycles. The number of sulfonamides is 1. The first kappa shape index (κ1) is 25.4. The number of benzene rings is 3. The molecule has 3 aromatic carbocycles. The lowest BCUT2D eigenvalue weighted by atomic mass is 10.2. The molecule has 0 saturated carbocycles. The molecular weight excluding hydrogens is 523 g/mol. The number of halogens is 2. The third kappa shape index (κ3) is 6.21. The van der Waals surface area contributed by atoms with Crippen molar-refractivity contribution in [1.82, 2.24) is 5.43 Å². The van der Waals surface area contributed by atoms with Gasteiger partial charge in [-0.3, -0.25) is 9.10 Å². The molecule has 0 aromatic heterocycles. The highest BCUT2D eigenvalue weighted by molar-refractivity contribution is 9.10. The van der Waals surface area contributed by atoms with Crippen LogP contribution in [0.3, 0.4) is 0 Å². The van der Waals surface area contributed by atoms with Gasteiger partial charge in [0.15, 0.2) is 0 Å². The second-order valence-corrected chi connectivity index (χ2v) is 10.4. The number of hydrogen-bond acceptors (Lipinski definition) is 5. The lowest BCUT2D eigenvalue weighted by molar-refractivity contribution is -0.119. The van der Waals surface area contributed by atoms with E-state index in [0.717, 1.165) is 37.7 Å². The Morgan fingerprint density at radius 1 is 1.06 bits per heavy atom. The molecule has 3 rings (SSSR count). The normalized spacial score (nSPS) is 11.4. The van der Waals surface area contributed by atoms with Gasteiger partial charge in [-0.05, 0) is 76.9 Å². The lowest BCUT2D eigenvalue weighted by Gasteiger charge is -2.23. The maximum atomic E-state index is 13.4. The molecule has 0 spiro atoms. The number of hydrazone groups is 1. The lowest BCUT2D eigenvalue weighted by Crippen LogP contribution is -2.39. The van der Waals surface area contributed by atoms with Gasteiger partial charge in [-0.15, -0.1) is 0 Å². The Morgan fingerprint density at radius 2 is 1.71 bits per heavy atom. The monoisotopic (exact) mass is 546 g/mol. The summed E-state index contributed by atoms with van der Waals surface area (Å²) in [6.07, 6.45) is 1.46. The molecule has 7 nitrogen and oxygen atoms in total. The molecular formula is C24H24BrFN4O3S. The van der Waals surface area contributed by atoms with E-state index in [-0.39, 0.29) is 10.6 Å². The van der Waals surface area contributed by atoms with Crippen LogP contribution < -0.4 is 14.6 Å². The van der Waals surface area contributed by atoms with Crippen LogP contribution in [0, 0.1) is 12.7 Å². The summed E-state index contributed by atoms with van der Waals surface area (Å²) in [6.45, 7) is 1.30. The van der Waals surface area contributed by atoms with Crippen LogP contribution in [-0.2, 0) is 14.8 Å². The summed E-state index contributed by atoms with van der Waals surface area (Å²) in [5.41, 5.74) is 5.13. The zero-order valence-electron chi connectivity index (χ0n) is 18.9. The molecule has 178 valence electrons. The molecule has 0 atom stereocenters. The van der Waals surface area contributed by atoms with Crippen LogP contribution >= 0.6 is 15.9 Å². The number of hydrogen-bond donors (Lipinski definition) is 1. The van der Waals surface area contributed by atoms with Gasteiger partial charge < -0.3 is 4.90 Å². The molecule has 0 bridgehead atoms. The van der Waals surface area contributed by atoms with E-state index in [1.165, 1.54) is 30.5 Å². The molecule has 10 heteroatoms. The molecule has 0 heterocycles. The van der Waals surface area contributed by atoms with Crippen LogP contribution in [0.2, 0.25) is 0 Å². The topological polar surface area (TPSA) is 82.1 Å². The Morgan fingerprint density at radius 3 is 2.29 bits per heavy atom. The van der Waals surface area contributed by atoms with Crippen molar-refractivity contribution in [2.24, 2.45) is 5.10 Å². The van der Waals surface area contributed by atoms with Crippen LogP contribution in [0.4, 0.5) is 15.8 Å². The van der Waals surface area contributed by atoms with Crippen LogP contribution in [0.25, 0.3) is 0 Å². The maximum absolute atomic E-state index is 13.4. The Kier molecular flexibility index (Phi) is 8.06. The first-order valence-corrected chi connectivity index (χ1v) is 12.4. The van der Waals surface area contributed by atoms with Crippen LogP contribution in [0.15, 0.2) is 81.2 Å². The zero-order chi connectivity index (χ0) is 24.9. The molecule has 3 aromatic rings. The van der Waals surface area contributed by atoms with Crippen molar-refractivity contribution in [3.05, 3.63) is 88.1 Å². The number of anilines is 2. The van der Waals surface area contributed by atoms with E-state index >= 15 is 0 Å². The molecule has 1 N–H and O–H groups in total. The molecule has 34 heavy (non-hydrogen) atoms. The maximum Gasteiger partial charge on any atom is 0.264 e. The summed E-state index contributed by atoms with van der Waals surface area (Å²) in [6, 6.07) is 16.7. The second-order valence-electron chi connectivity index (χ2n) is 7.70. The molecule has 0 aliphatic rings. The molecule has 0 aliphatic carbocycles. The third-order valence-corrected chi connectivity index (χ3v) is 7.29. The standard InChI is InChI=1S/C24H24BrFN4O3S/c1-17-4-11-21(12-5-17)34(32,33)30(20-9-7-19(26)8-10-20)16-24(31)28-27-15-18-6-13-23(29(2)3)22(25)14-18/h4-15H,16H2,1-3H3,(H,28,31). The van der Waals surface area contributed by atoms with E-state index < -0.39 is 28.3 Å². The van der Waals surface area contributed by atoms with E-state index in [9.17, 15) is 17.6 Å². The van der Waals surface area contributed by atoms with Gasteiger partial charge in [0.2, 0.25) is 0 Å². The molecule has 0 radical (unpaired) electrons. The van der Waals surface area contributed by atoms with Crippen LogP contribution in [0.1, 0.15) is 11.1 Å². The number of aryl methyl sites for hydroxylation is 1. The summed E-state index contributed by atoms with van der Waals surface area (Å²) in [5, 5.41) is 3.94. The largest absolute Gasteiger partial charge is 0.377 e. The fourth-order valence-electron chi connectivity index (χ4n) is 3.07. The second kappa shape index (κ2) is 10.8. The Labute approximate surface area is 207 Å². The number of rotatable bonds is 8. The van der Waals surface area contributed by atoms with Crippen molar-refractivity contribution >= 4 is 49.4 Å². The van der Waals surface area contributed by atoms with Gasteiger partial charge in [0.25, 0.3) is 15.9 Å². The summed E-state index contributed by atoms with van der Waals surface area (Å²) in [5.74, 6) is -1.17. The number of carbonyl (C=O) groups excluding carboxylic acids is 1. The highest BCUT2D eigenvalue weighted by Crippen LogP contribution is 2.26. The SMILES string of the molecule is Cc1ccc(S(=O)(=O)N(CC(=O)NN=Cc2ccc(N(C)C)c(Br)c2)c2ccc(F)cc2)cc1. The van der Waals surface area contributed by atoms with Gasteiger partial charge >= 0.3 is 0 Å². The molecule has 0 aliphatic heterocycles. The quantitative estimate of drug-likeness (QED) is 0.337. The summed E-state index contributed by atoms with van der Waals surface area (Å²) in [7, 11) is -0.243. The van der Waals surface area contributed by atoms with Crippen LogP contribution in [0.5, 0.6) is 0 Å². The van der Waals surface area contributed by atoms with Crippen molar-refractivity contribution in [3.63, 3.8) is 0 Å². The van der Waals surface area contributed by atoms with E-state index in [2.05, 4.69) is 26.5 Å². The van der Waals surface area contributed by atoms with Gasteiger partial charge in [-0.25, -0.2) is 18.2 Å². The fraction of sp³-hybridized carbons (Fsp3) is 0.167. The van der Waals surface area contributed by atoms with E-state index in [1.54, 1.807) is 12.1 Å². The minimum atomic E-state index is -4.09. The van der Waals surface area contributed by atoms with Crippen molar-refractivity contribution in [1.29, 1.82) is 0 Å². The minimum Gasteiger partial charge on any atom is -0.377 e. The first-order chi connectivity index (χ1) is 16.1. The average Bonchev–Trinajstić information content (AvgIpc) is 2.78. The van der Waals surface area contributed by atoms with Gasteiger partial charge in [0.05, 0.1) is 22.5 Å². The highest BCUT2D eigenvalue weighted by Gasteiger charge is 2.27. The highest BCUT2D eigenvalue weighted by atomic mass is 79.9. The average molecular weight is 547 g/mol. The smallest absolute Gasteiger partial charge is 0.264 e. The van der Waals surface area contributed by atoms with Gasteiger partial charge in [0.1, 0.15) is 12.4 Å². The number of amides is 1. The Balaban J connectivity index is 1.80. The van der Waals surface area contributed by atoms with Gasteiger partial charge in [-0.1, -0.05) is 23.8 Å². The van der Waals surface area contributed by atoms with Crippen molar-refractivity contribution < 1.29 is 17.6 Å². The fourth-order valence-corrected chi connectivity index (χ4v) is 5.24. The third-order valence-electron chi connectivity index (χ3n) is 4.87. The van der Waals surface area contributed by atoms with Crippen molar-refractivity contribution in [2.75, 3.05) is 29.8 Å². The predicted octanol–water partition coefficient (Wildman–Crippen LogP) is 4.31. The molecule has 0 fully saturated rings. The molecule has 1 amide bonds. The zero-order valence-corrected chi connectivity index (χ0v) is 21.3. The Bertz CT molecular complexity index is 1290.